The number of methoxy groups -OCH3 is 1. The first-order chi connectivity index (χ1) is 13.5. The van der Waals surface area contributed by atoms with Gasteiger partial charge in [0.2, 0.25) is 11.8 Å². The summed E-state index contributed by atoms with van der Waals surface area (Å²) in [4.78, 5) is 30.4. The Kier molecular flexibility index (Phi) is 6.16. The highest BCUT2D eigenvalue weighted by Gasteiger charge is 2.15. The van der Waals surface area contributed by atoms with Crippen LogP contribution in [0, 0.1) is 0 Å². The van der Waals surface area contributed by atoms with Crippen LogP contribution in [0.15, 0.2) is 48.8 Å². The Morgan fingerprint density at radius 1 is 1.25 bits per heavy atom. The van der Waals surface area contributed by atoms with Crippen LogP contribution in [0.2, 0.25) is 5.02 Å². The van der Waals surface area contributed by atoms with Crippen molar-refractivity contribution in [1.82, 2.24) is 14.5 Å². The fraction of sp³-hybridized carbons (Fsp3) is 0.250. The standard InChI is InChI=1S/C20H21ClN4O3/c1-24(12-19(26)23-16-11-14(21)7-8-18(16)28-2)20(27)9-10-25-13-22-15-5-3-4-6-17(15)25/h3-8,11,13H,9-10,12H2,1-2H3,(H,23,26). The minimum atomic E-state index is -0.329. The molecule has 0 saturated heterocycles. The largest absolute Gasteiger partial charge is 0.495 e. The Balaban J connectivity index is 1.55. The summed E-state index contributed by atoms with van der Waals surface area (Å²) in [6.07, 6.45) is 1.99. The minimum Gasteiger partial charge on any atom is -0.495 e. The number of nitrogens with zero attached hydrogens (tertiary/aromatic N) is 3. The summed E-state index contributed by atoms with van der Waals surface area (Å²) in [5.41, 5.74) is 2.33. The number of likely N-dealkylation sites (N-methyl/N-ethyl adjacent to an activating group) is 1. The fourth-order valence-electron chi connectivity index (χ4n) is 2.87. The maximum absolute atomic E-state index is 12.4. The molecule has 2 aromatic carbocycles. The van der Waals surface area contributed by atoms with Crippen LogP contribution in [-0.2, 0) is 16.1 Å². The van der Waals surface area contributed by atoms with E-state index < -0.39 is 0 Å². The summed E-state index contributed by atoms with van der Waals surface area (Å²) in [6.45, 7) is 0.423. The van der Waals surface area contributed by atoms with Gasteiger partial charge in [0.05, 0.1) is 36.7 Å². The van der Waals surface area contributed by atoms with Crippen molar-refractivity contribution in [3.8, 4) is 5.75 Å². The van der Waals surface area contributed by atoms with E-state index in [1.807, 2.05) is 28.8 Å². The van der Waals surface area contributed by atoms with Crippen molar-refractivity contribution in [2.45, 2.75) is 13.0 Å². The Morgan fingerprint density at radius 2 is 2.04 bits per heavy atom. The van der Waals surface area contributed by atoms with Crippen molar-refractivity contribution < 1.29 is 14.3 Å². The topological polar surface area (TPSA) is 76.5 Å². The normalized spacial score (nSPS) is 10.7. The van der Waals surface area contributed by atoms with Gasteiger partial charge in [-0.05, 0) is 30.3 Å². The van der Waals surface area contributed by atoms with Crippen LogP contribution in [0.5, 0.6) is 5.75 Å². The van der Waals surface area contributed by atoms with Crippen molar-refractivity contribution >= 4 is 40.1 Å². The monoisotopic (exact) mass is 400 g/mol. The van der Waals surface area contributed by atoms with Gasteiger partial charge in [-0.15, -0.1) is 0 Å². The number of carbonyl (C=O) groups is 2. The summed E-state index contributed by atoms with van der Waals surface area (Å²) in [6, 6.07) is 12.7. The molecule has 0 aliphatic carbocycles. The van der Waals surface area contributed by atoms with Gasteiger partial charge >= 0.3 is 0 Å². The molecule has 1 N–H and O–H groups in total. The molecule has 3 rings (SSSR count). The zero-order chi connectivity index (χ0) is 20.1. The quantitative estimate of drug-likeness (QED) is 0.660. The number of hydrogen-bond acceptors (Lipinski definition) is 4. The third kappa shape index (κ3) is 4.61. The zero-order valence-corrected chi connectivity index (χ0v) is 16.4. The Morgan fingerprint density at radius 3 is 2.82 bits per heavy atom. The lowest BCUT2D eigenvalue weighted by molar-refractivity contribution is -0.133. The molecule has 8 heteroatoms. The fourth-order valence-corrected chi connectivity index (χ4v) is 3.04. The highest BCUT2D eigenvalue weighted by atomic mass is 35.5. The number of fused-ring (bicyclic) bond motifs is 1. The van der Waals surface area contributed by atoms with Crippen LogP contribution in [0.1, 0.15) is 6.42 Å². The lowest BCUT2D eigenvalue weighted by Gasteiger charge is -2.18. The molecular formula is C20H21ClN4O3. The summed E-state index contributed by atoms with van der Waals surface area (Å²) < 4.78 is 7.13. The van der Waals surface area contributed by atoms with Gasteiger partial charge in [0.25, 0.3) is 0 Å². The van der Waals surface area contributed by atoms with Gasteiger partial charge in [0.1, 0.15) is 5.75 Å². The summed E-state index contributed by atoms with van der Waals surface area (Å²) in [7, 11) is 3.11. The molecule has 146 valence electrons. The molecule has 7 nitrogen and oxygen atoms in total. The second-order valence-electron chi connectivity index (χ2n) is 6.32. The summed E-state index contributed by atoms with van der Waals surface area (Å²) >= 11 is 5.97. The van der Waals surface area contributed by atoms with Gasteiger partial charge in [-0.25, -0.2) is 4.98 Å². The average Bonchev–Trinajstić information content (AvgIpc) is 3.09. The number of aromatic nitrogens is 2. The highest BCUT2D eigenvalue weighted by molar-refractivity contribution is 6.31. The van der Waals surface area contributed by atoms with E-state index in [2.05, 4.69) is 10.3 Å². The first kappa shape index (κ1) is 19.7. The third-order valence-electron chi connectivity index (χ3n) is 4.34. The lowest BCUT2D eigenvalue weighted by Crippen LogP contribution is -2.35. The van der Waals surface area contributed by atoms with Gasteiger partial charge in [-0.2, -0.15) is 0 Å². The molecule has 0 fully saturated rings. The highest BCUT2D eigenvalue weighted by Crippen LogP contribution is 2.27. The molecule has 0 atom stereocenters. The Bertz CT molecular complexity index is 1000. The predicted octanol–water partition coefficient (Wildman–Crippen LogP) is 3.19. The number of anilines is 1. The van der Waals surface area contributed by atoms with E-state index in [9.17, 15) is 9.59 Å². The van der Waals surface area contributed by atoms with E-state index in [1.165, 1.54) is 12.0 Å². The SMILES string of the molecule is COc1ccc(Cl)cc1NC(=O)CN(C)C(=O)CCn1cnc2ccccc21. The van der Waals surface area contributed by atoms with E-state index in [0.29, 0.717) is 23.0 Å². The molecule has 28 heavy (non-hydrogen) atoms. The van der Waals surface area contributed by atoms with Gasteiger partial charge in [-0.3, -0.25) is 9.59 Å². The van der Waals surface area contributed by atoms with E-state index in [0.717, 1.165) is 11.0 Å². The number of rotatable bonds is 7. The zero-order valence-electron chi connectivity index (χ0n) is 15.7. The van der Waals surface area contributed by atoms with Crippen molar-refractivity contribution in [3.63, 3.8) is 0 Å². The van der Waals surface area contributed by atoms with Crippen molar-refractivity contribution in [1.29, 1.82) is 0 Å². The van der Waals surface area contributed by atoms with Gasteiger partial charge < -0.3 is 19.5 Å². The van der Waals surface area contributed by atoms with E-state index in [4.69, 9.17) is 16.3 Å². The number of amides is 2. The van der Waals surface area contributed by atoms with Crippen LogP contribution in [0.25, 0.3) is 11.0 Å². The maximum atomic E-state index is 12.4. The van der Waals surface area contributed by atoms with Crippen molar-refractivity contribution in [2.75, 3.05) is 26.0 Å². The summed E-state index contributed by atoms with van der Waals surface area (Å²) in [5.74, 6) is 0.0363. The van der Waals surface area contributed by atoms with Crippen LogP contribution in [0.4, 0.5) is 5.69 Å². The average molecular weight is 401 g/mol. The molecule has 0 aliphatic rings. The van der Waals surface area contributed by atoms with Gasteiger partial charge in [0, 0.05) is 25.0 Å². The number of para-hydroxylation sites is 2. The Hall–Kier alpha value is -3.06. The van der Waals surface area contributed by atoms with Gasteiger partial charge in [-0.1, -0.05) is 23.7 Å². The number of aryl methyl sites for hydroxylation is 1. The van der Waals surface area contributed by atoms with Crippen molar-refractivity contribution in [3.05, 3.63) is 53.8 Å². The van der Waals surface area contributed by atoms with E-state index in [1.54, 1.807) is 31.6 Å². The molecule has 0 radical (unpaired) electrons. The van der Waals surface area contributed by atoms with Crippen LogP contribution in [0.3, 0.4) is 0 Å². The second kappa shape index (κ2) is 8.75. The number of nitrogens with one attached hydrogen (secondary N) is 1. The molecule has 2 amide bonds. The number of benzene rings is 2. The third-order valence-corrected chi connectivity index (χ3v) is 4.57. The number of carbonyl (C=O) groups excluding carboxylic acids is 2. The minimum absolute atomic E-state index is 0.0703. The lowest BCUT2D eigenvalue weighted by atomic mass is 10.3. The smallest absolute Gasteiger partial charge is 0.244 e. The first-order valence-corrected chi connectivity index (χ1v) is 9.13. The van der Waals surface area contributed by atoms with Crippen LogP contribution >= 0.6 is 11.6 Å². The molecule has 0 saturated carbocycles. The summed E-state index contributed by atoms with van der Waals surface area (Å²) in [5, 5.41) is 3.20. The van der Waals surface area contributed by atoms with E-state index in [-0.39, 0.29) is 24.8 Å². The number of hydrogen-bond donors (Lipinski definition) is 1. The predicted molar refractivity (Wildman–Crippen MR) is 109 cm³/mol. The molecular weight excluding hydrogens is 380 g/mol. The number of ether oxygens (including phenoxy) is 1. The van der Waals surface area contributed by atoms with E-state index >= 15 is 0 Å². The number of imidazole rings is 1. The van der Waals surface area contributed by atoms with Crippen LogP contribution in [-0.4, -0.2) is 47.0 Å². The first-order valence-electron chi connectivity index (χ1n) is 8.75. The molecule has 1 aromatic heterocycles. The molecule has 1 heterocycles. The molecule has 0 spiro atoms. The maximum Gasteiger partial charge on any atom is 0.244 e. The van der Waals surface area contributed by atoms with Crippen LogP contribution < -0.4 is 10.1 Å². The number of halogens is 1. The van der Waals surface area contributed by atoms with Crippen molar-refractivity contribution in [2.24, 2.45) is 0 Å². The molecule has 0 bridgehead atoms. The van der Waals surface area contributed by atoms with Gasteiger partial charge in [0.15, 0.2) is 0 Å². The molecule has 0 unspecified atom stereocenters. The molecule has 3 aromatic rings. The Labute approximate surface area is 167 Å². The second-order valence-corrected chi connectivity index (χ2v) is 6.76. The molecule has 0 aliphatic heterocycles.